The number of nitrogens with one attached hydrogen (secondary N) is 2. The summed E-state index contributed by atoms with van der Waals surface area (Å²) in [6, 6.07) is 0.591. The topological polar surface area (TPSA) is 54.2 Å². The molecule has 0 saturated heterocycles. The van der Waals surface area contributed by atoms with Crippen molar-refractivity contribution in [1.29, 1.82) is 0 Å². The van der Waals surface area contributed by atoms with Gasteiger partial charge >= 0.3 is 0 Å². The van der Waals surface area contributed by atoms with E-state index in [4.69, 9.17) is 0 Å². The molecule has 0 spiro atoms. The van der Waals surface area contributed by atoms with Crippen molar-refractivity contribution in [3.05, 3.63) is 18.0 Å². The van der Waals surface area contributed by atoms with Gasteiger partial charge in [-0.05, 0) is 32.3 Å². The molecule has 0 aliphatic heterocycles. The van der Waals surface area contributed by atoms with E-state index in [1.54, 1.807) is 0 Å². The molecule has 20 heavy (non-hydrogen) atoms. The third-order valence-corrected chi connectivity index (χ3v) is 3.65. The van der Waals surface area contributed by atoms with Gasteiger partial charge in [0.15, 0.2) is 5.96 Å². The van der Waals surface area contributed by atoms with Crippen LogP contribution >= 0.6 is 0 Å². The highest BCUT2D eigenvalue weighted by Crippen LogP contribution is 2.17. The molecule has 1 heterocycles. The Bertz CT molecular complexity index is 418. The highest BCUT2D eigenvalue weighted by Gasteiger charge is 2.14. The summed E-state index contributed by atoms with van der Waals surface area (Å²) in [5.41, 5.74) is 1.20. The Hall–Kier alpha value is -1.52. The van der Waals surface area contributed by atoms with Crippen molar-refractivity contribution in [2.75, 3.05) is 13.1 Å². The minimum Gasteiger partial charge on any atom is -0.357 e. The van der Waals surface area contributed by atoms with E-state index < -0.39 is 0 Å². The molecule has 1 aliphatic carbocycles. The fourth-order valence-electron chi connectivity index (χ4n) is 2.61. The van der Waals surface area contributed by atoms with E-state index in [0.717, 1.165) is 25.6 Å². The first-order valence-electron chi connectivity index (χ1n) is 7.82. The minimum absolute atomic E-state index is 0.591. The first-order chi connectivity index (χ1) is 9.78. The monoisotopic (exact) mass is 277 g/mol. The average Bonchev–Trinajstić information content (AvgIpc) is 2.86. The largest absolute Gasteiger partial charge is 0.357 e. The Labute approximate surface area is 121 Å². The molecule has 0 bridgehead atoms. The standard InChI is InChI=1S/C15H27N5/c1-3-16-15(19-14-7-5-4-6-8-14)17-9-10-20-12-13(2)11-18-20/h11-12,14H,3-10H2,1-2H3,(H2,16,17,19). The van der Waals surface area contributed by atoms with E-state index in [1.807, 2.05) is 10.9 Å². The summed E-state index contributed by atoms with van der Waals surface area (Å²) in [7, 11) is 0. The van der Waals surface area contributed by atoms with Crippen LogP contribution in [0, 0.1) is 6.92 Å². The molecule has 1 aromatic heterocycles. The maximum atomic E-state index is 4.65. The minimum atomic E-state index is 0.591. The lowest BCUT2D eigenvalue weighted by Gasteiger charge is -2.24. The van der Waals surface area contributed by atoms with Crippen LogP contribution in [-0.4, -0.2) is 34.9 Å². The Morgan fingerprint density at radius 1 is 1.40 bits per heavy atom. The molecule has 2 N–H and O–H groups in total. The quantitative estimate of drug-likeness (QED) is 0.640. The molecule has 0 radical (unpaired) electrons. The van der Waals surface area contributed by atoms with Gasteiger partial charge in [-0.1, -0.05) is 19.3 Å². The van der Waals surface area contributed by atoms with Crippen LogP contribution in [0.15, 0.2) is 17.4 Å². The Kier molecular flexibility index (Phi) is 5.89. The molecular formula is C15H27N5. The molecule has 0 amide bonds. The van der Waals surface area contributed by atoms with Crippen LogP contribution in [0.2, 0.25) is 0 Å². The van der Waals surface area contributed by atoms with Crippen LogP contribution in [0.5, 0.6) is 0 Å². The van der Waals surface area contributed by atoms with Crippen molar-refractivity contribution in [2.24, 2.45) is 4.99 Å². The number of hydrogen-bond acceptors (Lipinski definition) is 2. The molecule has 1 aliphatic rings. The molecule has 0 unspecified atom stereocenters. The Morgan fingerprint density at radius 2 is 2.20 bits per heavy atom. The number of hydrogen-bond donors (Lipinski definition) is 2. The molecule has 1 fully saturated rings. The SMILES string of the molecule is CCNC(=NCCn1cc(C)cn1)NC1CCCCC1. The number of aliphatic imine (C=N–C) groups is 1. The van der Waals surface area contributed by atoms with Crippen LogP contribution in [-0.2, 0) is 6.54 Å². The molecule has 1 saturated carbocycles. The van der Waals surface area contributed by atoms with Gasteiger partial charge in [-0.2, -0.15) is 5.10 Å². The smallest absolute Gasteiger partial charge is 0.191 e. The number of aromatic nitrogens is 2. The lowest BCUT2D eigenvalue weighted by Crippen LogP contribution is -2.44. The van der Waals surface area contributed by atoms with Crippen molar-refractivity contribution < 1.29 is 0 Å². The van der Waals surface area contributed by atoms with Crippen LogP contribution in [0.1, 0.15) is 44.6 Å². The third-order valence-electron chi connectivity index (χ3n) is 3.65. The second kappa shape index (κ2) is 7.92. The van der Waals surface area contributed by atoms with Gasteiger partial charge in [-0.3, -0.25) is 9.67 Å². The van der Waals surface area contributed by atoms with Gasteiger partial charge in [-0.25, -0.2) is 0 Å². The predicted octanol–water partition coefficient (Wildman–Crippen LogP) is 2.08. The normalized spacial score (nSPS) is 17.2. The maximum absolute atomic E-state index is 4.65. The van der Waals surface area contributed by atoms with Gasteiger partial charge in [0.1, 0.15) is 0 Å². The zero-order valence-corrected chi connectivity index (χ0v) is 12.7. The zero-order valence-electron chi connectivity index (χ0n) is 12.7. The van der Waals surface area contributed by atoms with Crippen molar-refractivity contribution in [3.8, 4) is 0 Å². The second-order valence-electron chi connectivity index (χ2n) is 5.52. The number of nitrogens with zero attached hydrogens (tertiary/aromatic N) is 3. The van der Waals surface area contributed by atoms with Gasteiger partial charge in [0.25, 0.3) is 0 Å². The van der Waals surface area contributed by atoms with Crippen LogP contribution < -0.4 is 10.6 Å². The van der Waals surface area contributed by atoms with E-state index in [0.29, 0.717) is 6.04 Å². The zero-order chi connectivity index (χ0) is 14.2. The molecule has 2 rings (SSSR count). The molecular weight excluding hydrogens is 250 g/mol. The number of rotatable bonds is 5. The van der Waals surface area contributed by atoms with Crippen molar-refractivity contribution in [3.63, 3.8) is 0 Å². The Balaban J connectivity index is 1.81. The number of aryl methyl sites for hydroxylation is 1. The first kappa shape index (κ1) is 14.9. The summed E-state index contributed by atoms with van der Waals surface area (Å²) in [5.74, 6) is 0.947. The fourth-order valence-corrected chi connectivity index (χ4v) is 2.61. The summed E-state index contributed by atoms with van der Waals surface area (Å²) in [6.45, 7) is 6.65. The average molecular weight is 277 g/mol. The predicted molar refractivity (Wildman–Crippen MR) is 83.0 cm³/mol. The van der Waals surface area contributed by atoms with Gasteiger partial charge < -0.3 is 10.6 Å². The van der Waals surface area contributed by atoms with Gasteiger partial charge in [0.2, 0.25) is 0 Å². The van der Waals surface area contributed by atoms with E-state index >= 15 is 0 Å². The Morgan fingerprint density at radius 3 is 2.85 bits per heavy atom. The lowest BCUT2D eigenvalue weighted by molar-refractivity contribution is 0.410. The summed E-state index contributed by atoms with van der Waals surface area (Å²) in [5, 5.41) is 11.2. The third kappa shape index (κ3) is 4.87. The number of guanidine groups is 1. The molecule has 0 atom stereocenters. The summed E-state index contributed by atoms with van der Waals surface area (Å²) in [4.78, 5) is 4.65. The van der Waals surface area contributed by atoms with Gasteiger partial charge in [0, 0.05) is 18.8 Å². The highest BCUT2D eigenvalue weighted by atomic mass is 15.3. The molecule has 5 heteroatoms. The summed E-state index contributed by atoms with van der Waals surface area (Å²) < 4.78 is 1.95. The molecule has 0 aromatic carbocycles. The lowest BCUT2D eigenvalue weighted by atomic mass is 9.96. The second-order valence-corrected chi connectivity index (χ2v) is 5.52. The first-order valence-corrected chi connectivity index (χ1v) is 7.82. The van der Waals surface area contributed by atoms with E-state index in [1.165, 1.54) is 37.7 Å². The van der Waals surface area contributed by atoms with E-state index in [-0.39, 0.29) is 0 Å². The van der Waals surface area contributed by atoms with Crippen molar-refractivity contribution in [2.45, 2.75) is 58.5 Å². The summed E-state index contributed by atoms with van der Waals surface area (Å²) in [6.07, 6.45) is 10.5. The van der Waals surface area contributed by atoms with Crippen molar-refractivity contribution >= 4 is 5.96 Å². The maximum Gasteiger partial charge on any atom is 0.191 e. The van der Waals surface area contributed by atoms with Gasteiger partial charge in [0.05, 0.1) is 19.3 Å². The molecule has 5 nitrogen and oxygen atoms in total. The van der Waals surface area contributed by atoms with E-state index in [2.05, 4.69) is 40.8 Å². The van der Waals surface area contributed by atoms with Gasteiger partial charge in [-0.15, -0.1) is 0 Å². The summed E-state index contributed by atoms with van der Waals surface area (Å²) >= 11 is 0. The molecule has 112 valence electrons. The van der Waals surface area contributed by atoms with Crippen LogP contribution in [0.3, 0.4) is 0 Å². The van der Waals surface area contributed by atoms with Crippen LogP contribution in [0.4, 0.5) is 0 Å². The van der Waals surface area contributed by atoms with E-state index in [9.17, 15) is 0 Å². The van der Waals surface area contributed by atoms with Crippen molar-refractivity contribution in [1.82, 2.24) is 20.4 Å². The fraction of sp³-hybridized carbons (Fsp3) is 0.733. The van der Waals surface area contributed by atoms with Crippen LogP contribution in [0.25, 0.3) is 0 Å². The molecule has 1 aromatic rings. The highest BCUT2D eigenvalue weighted by molar-refractivity contribution is 5.80.